The predicted octanol–water partition coefficient (Wildman–Crippen LogP) is 3.14. The van der Waals surface area contributed by atoms with E-state index in [9.17, 15) is 0 Å². The van der Waals surface area contributed by atoms with Gasteiger partial charge in [-0.1, -0.05) is 0 Å². The van der Waals surface area contributed by atoms with Gasteiger partial charge in [-0.05, 0) is 25.3 Å². The van der Waals surface area contributed by atoms with Gasteiger partial charge in [0.25, 0.3) is 0 Å². The molecule has 0 aliphatic rings. The number of aromatic nitrogens is 3. The highest BCUT2D eigenvalue weighted by molar-refractivity contribution is 7.98. The molecule has 1 unspecified atom stereocenters. The maximum absolute atomic E-state index is 5.84. The lowest BCUT2D eigenvalue weighted by atomic mass is 10.3. The standard InChI is InChI=1S/C12H16ClN3S/c1-9(8-17-2)16-11(5-6-13)15-10-4-3-7-14-12(10)16/h3-4,7,9H,5-6,8H2,1-2H3. The van der Waals surface area contributed by atoms with Crippen molar-refractivity contribution in [1.82, 2.24) is 14.5 Å². The van der Waals surface area contributed by atoms with Crippen molar-refractivity contribution in [2.75, 3.05) is 17.9 Å². The number of pyridine rings is 1. The number of hydrogen-bond donors (Lipinski definition) is 0. The summed E-state index contributed by atoms with van der Waals surface area (Å²) in [6.07, 6.45) is 4.72. The van der Waals surface area contributed by atoms with Crippen LogP contribution in [0.25, 0.3) is 11.2 Å². The van der Waals surface area contributed by atoms with Crippen molar-refractivity contribution >= 4 is 34.5 Å². The number of halogens is 1. The highest BCUT2D eigenvalue weighted by atomic mass is 35.5. The van der Waals surface area contributed by atoms with Gasteiger partial charge in [0.05, 0.1) is 0 Å². The van der Waals surface area contributed by atoms with Gasteiger partial charge in [-0.2, -0.15) is 11.8 Å². The summed E-state index contributed by atoms with van der Waals surface area (Å²) in [6.45, 7) is 2.20. The molecule has 2 aromatic heterocycles. The lowest BCUT2D eigenvalue weighted by molar-refractivity contribution is 0.593. The fourth-order valence-corrected chi connectivity index (χ4v) is 2.82. The van der Waals surface area contributed by atoms with E-state index in [-0.39, 0.29) is 0 Å². The third kappa shape index (κ3) is 2.58. The van der Waals surface area contributed by atoms with E-state index in [1.54, 1.807) is 0 Å². The molecule has 2 rings (SSSR count). The first-order valence-electron chi connectivity index (χ1n) is 5.64. The van der Waals surface area contributed by atoms with Crippen molar-refractivity contribution in [2.24, 2.45) is 0 Å². The van der Waals surface area contributed by atoms with Gasteiger partial charge in [0.1, 0.15) is 11.3 Å². The quantitative estimate of drug-likeness (QED) is 0.782. The topological polar surface area (TPSA) is 30.7 Å². The molecule has 2 aromatic rings. The Kier molecular flexibility index (Phi) is 4.29. The largest absolute Gasteiger partial charge is 0.309 e. The maximum atomic E-state index is 5.84. The third-order valence-corrected chi connectivity index (χ3v) is 3.69. The first-order valence-corrected chi connectivity index (χ1v) is 7.57. The Morgan fingerprint density at radius 3 is 3.06 bits per heavy atom. The summed E-state index contributed by atoms with van der Waals surface area (Å²) < 4.78 is 2.22. The Morgan fingerprint density at radius 1 is 1.53 bits per heavy atom. The van der Waals surface area contributed by atoms with Crippen LogP contribution in [0.2, 0.25) is 0 Å². The molecular weight excluding hydrogens is 254 g/mol. The van der Waals surface area contributed by atoms with Crippen molar-refractivity contribution in [1.29, 1.82) is 0 Å². The summed E-state index contributed by atoms with van der Waals surface area (Å²) in [5, 5.41) is 0. The Labute approximate surface area is 111 Å². The summed E-state index contributed by atoms with van der Waals surface area (Å²) in [7, 11) is 0. The van der Waals surface area contributed by atoms with Crippen LogP contribution < -0.4 is 0 Å². The summed E-state index contributed by atoms with van der Waals surface area (Å²) in [5.41, 5.74) is 1.93. The van der Waals surface area contributed by atoms with E-state index in [1.807, 2.05) is 30.1 Å². The second-order valence-corrected chi connectivity index (χ2v) is 5.28. The average molecular weight is 270 g/mol. The van der Waals surface area contributed by atoms with E-state index in [0.717, 1.165) is 29.2 Å². The average Bonchev–Trinajstić information content (AvgIpc) is 2.67. The van der Waals surface area contributed by atoms with Crippen molar-refractivity contribution in [3.8, 4) is 0 Å². The molecule has 0 saturated heterocycles. The summed E-state index contributed by atoms with van der Waals surface area (Å²) in [4.78, 5) is 9.05. The van der Waals surface area contributed by atoms with Gasteiger partial charge in [0.2, 0.25) is 0 Å². The summed E-state index contributed by atoms with van der Waals surface area (Å²) >= 11 is 7.67. The molecule has 17 heavy (non-hydrogen) atoms. The van der Waals surface area contributed by atoms with Crippen LogP contribution in [0.1, 0.15) is 18.8 Å². The van der Waals surface area contributed by atoms with Gasteiger partial charge in [-0.15, -0.1) is 11.6 Å². The Bertz CT molecular complexity index is 497. The van der Waals surface area contributed by atoms with Crippen LogP contribution >= 0.6 is 23.4 Å². The molecule has 0 aliphatic carbocycles. The molecule has 0 aliphatic heterocycles. The van der Waals surface area contributed by atoms with Crippen molar-refractivity contribution in [3.63, 3.8) is 0 Å². The monoisotopic (exact) mass is 269 g/mol. The zero-order chi connectivity index (χ0) is 12.3. The van der Waals surface area contributed by atoms with Crippen LogP contribution in [0.15, 0.2) is 18.3 Å². The third-order valence-electron chi connectivity index (χ3n) is 2.69. The Morgan fingerprint density at radius 2 is 2.35 bits per heavy atom. The predicted molar refractivity (Wildman–Crippen MR) is 75.0 cm³/mol. The molecule has 0 amide bonds. The van der Waals surface area contributed by atoms with Crippen LogP contribution in [0.5, 0.6) is 0 Å². The van der Waals surface area contributed by atoms with Crippen LogP contribution in [-0.2, 0) is 6.42 Å². The smallest absolute Gasteiger partial charge is 0.160 e. The number of fused-ring (bicyclic) bond motifs is 1. The van der Waals surface area contributed by atoms with Crippen LogP contribution in [0, 0.1) is 0 Å². The first-order chi connectivity index (χ1) is 8.27. The van der Waals surface area contributed by atoms with Gasteiger partial charge in [0, 0.05) is 30.3 Å². The molecule has 0 saturated carbocycles. The molecule has 0 aromatic carbocycles. The first kappa shape index (κ1) is 12.7. The second kappa shape index (κ2) is 5.74. The number of rotatable bonds is 5. The minimum atomic E-state index is 0.392. The lowest BCUT2D eigenvalue weighted by Gasteiger charge is -2.15. The zero-order valence-corrected chi connectivity index (χ0v) is 11.6. The fraction of sp³-hybridized carbons (Fsp3) is 0.500. The van der Waals surface area contributed by atoms with Crippen LogP contribution in [0.3, 0.4) is 0 Å². The Hall–Kier alpha value is -0.740. The SMILES string of the molecule is CSCC(C)n1c(CCCl)nc2cccnc21. The molecule has 5 heteroatoms. The molecule has 0 fully saturated rings. The van der Waals surface area contributed by atoms with E-state index in [1.165, 1.54) is 0 Å². The van der Waals surface area contributed by atoms with Gasteiger partial charge >= 0.3 is 0 Å². The van der Waals surface area contributed by atoms with Crippen molar-refractivity contribution in [3.05, 3.63) is 24.2 Å². The van der Waals surface area contributed by atoms with E-state index in [2.05, 4.69) is 27.7 Å². The number of thioether (sulfide) groups is 1. The van der Waals surface area contributed by atoms with E-state index >= 15 is 0 Å². The lowest BCUT2D eigenvalue weighted by Crippen LogP contribution is -2.12. The minimum absolute atomic E-state index is 0.392. The van der Waals surface area contributed by atoms with Crippen molar-refractivity contribution in [2.45, 2.75) is 19.4 Å². The number of hydrogen-bond acceptors (Lipinski definition) is 3. The minimum Gasteiger partial charge on any atom is -0.309 e. The molecule has 92 valence electrons. The van der Waals surface area contributed by atoms with Gasteiger partial charge in [0.15, 0.2) is 5.65 Å². The molecule has 0 N–H and O–H groups in total. The van der Waals surface area contributed by atoms with Crippen LogP contribution in [0.4, 0.5) is 0 Å². The molecule has 1 atom stereocenters. The second-order valence-electron chi connectivity index (χ2n) is 3.99. The van der Waals surface area contributed by atoms with E-state index < -0.39 is 0 Å². The zero-order valence-electron chi connectivity index (χ0n) is 10.1. The molecular formula is C12H16ClN3S. The number of nitrogens with zero attached hydrogens (tertiary/aromatic N) is 3. The number of alkyl halides is 1. The Balaban J connectivity index is 2.51. The van der Waals surface area contributed by atoms with E-state index in [4.69, 9.17) is 11.6 Å². The molecule has 2 heterocycles. The molecule has 0 spiro atoms. The van der Waals surface area contributed by atoms with Gasteiger partial charge < -0.3 is 4.57 Å². The normalized spacial score (nSPS) is 13.1. The molecule has 0 bridgehead atoms. The van der Waals surface area contributed by atoms with Crippen LogP contribution in [-0.4, -0.2) is 32.4 Å². The maximum Gasteiger partial charge on any atom is 0.160 e. The molecule has 3 nitrogen and oxygen atoms in total. The van der Waals surface area contributed by atoms with Crippen molar-refractivity contribution < 1.29 is 0 Å². The van der Waals surface area contributed by atoms with Gasteiger partial charge in [-0.3, -0.25) is 0 Å². The summed E-state index contributed by atoms with van der Waals surface area (Å²) in [5.74, 6) is 2.68. The summed E-state index contributed by atoms with van der Waals surface area (Å²) in [6, 6.07) is 4.31. The number of imidazole rings is 1. The highest BCUT2D eigenvalue weighted by Crippen LogP contribution is 2.22. The van der Waals surface area contributed by atoms with E-state index in [0.29, 0.717) is 11.9 Å². The highest BCUT2D eigenvalue weighted by Gasteiger charge is 2.15. The molecule has 0 radical (unpaired) electrons. The number of aryl methyl sites for hydroxylation is 1. The van der Waals surface area contributed by atoms with Gasteiger partial charge in [-0.25, -0.2) is 9.97 Å². The fourth-order valence-electron chi connectivity index (χ4n) is 2.02.